The van der Waals surface area contributed by atoms with Crippen molar-refractivity contribution >= 4 is 62.1 Å². The van der Waals surface area contributed by atoms with Crippen molar-refractivity contribution in [2.75, 3.05) is 0 Å². The zero-order valence-corrected chi connectivity index (χ0v) is 11.7. The van der Waals surface area contributed by atoms with Crippen molar-refractivity contribution in [1.29, 1.82) is 0 Å². The van der Waals surface area contributed by atoms with Crippen molar-refractivity contribution in [2.45, 2.75) is 24.4 Å². The molecule has 6 heteroatoms. The minimum absolute atomic E-state index is 0.0202. The van der Waals surface area contributed by atoms with E-state index in [1.807, 2.05) is 0 Å². The van der Waals surface area contributed by atoms with Crippen LogP contribution < -0.4 is 0 Å². The molecular weight excluding hydrogens is 337 g/mol. The van der Waals surface area contributed by atoms with E-state index in [1.165, 1.54) is 0 Å². The molecule has 0 aliphatic rings. The highest BCUT2D eigenvalue weighted by Crippen LogP contribution is 2.27. The van der Waals surface area contributed by atoms with Gasteiger partial charge >= 0.3 is 6.25 Å². The highest BCUT2D eigenvalue weighted by atomic mass is 127. The maximum absolute atomic E-state index is 5.55. The summed E-state index contributed by atoms with van der Waals surface area (Å²) < 4.78 is 5.19. The fourth-order valence-electron chi connectivity index (χ4n) is 0.564. The Morgan fingerprint density at radius 1 is 1.36 bits per heavy atom. The molecule has 1 unspecified atom stereocenters. The summed E-state index contributed by atoms with van der Waals surface area (Å²) in [5.74, 6) is 0.568. The van der Waals surface area contributed by atoms with Gasteiger partial charge in [0.1, 0.15) is 4.11 Å². The standard InChI is InChI=1S/C5H10Cl3IOSi/c1-4(2)3-5(9)10-11(6,7)8/h4-5H,3H2,1-2H3. The van der Waals surface area contributed by atoms with Gasteiger partial charge in [0.2, 0.25) is 0 Å². The average Bonchev–Trinajstić information content (AvgIpc) is 1.53. The van der Waals surface area contributed by atoms with Crippen LogP contribution >= 0.6 is 55.8 Å². The Bertz CT molecular complexity index is 117. The van der Waals surface area contributed by atoms with E-state index in [9.17, 15) is 0 Å². The summed E-state index contributed by atoms with van der Waals surface area (Å²) in [5, 5.41) is 0. The maximum atomic E-state index is 5.55. The molecule has 0 radical (unpaired) electrons. The van der Waals surface area contributed by atoms with Gasteiger partial charge in [0, 0.05) is 0 Å². The quantitative estimate of drug-likeness (QED) is 0.324. The van der Waals surface area contributed by atoms with Gasteiger partial charge in [-0.05, 0) is 12.3 Å². The van der Waals surface area contributed by atoms with E-state index in [0.29, 0.717) is 5.92 Å². The summed E-state index contributed by atoms with van der Waals surface area (Å²) >= 11 is 18.8. The first-order valence-electron chi connectivity index (χ1n) is 3.20. The van der Waals surface area contributed by atoms with Crippen LogP contribution in [0.5, 0.6) is 0 Å². The third kappa shape index (κ3) is 9.69. The first-order chi connectivity index (χ1) is 4.81. The highest BCUT2D eigenvalue weighted by molar-refractivity contribution is 14.1. The smallest absolute Gasteiger partial charge is 0.369 e. The minimum Gasteiger partial charge on any atom is -0.369 e. The van der Waals surface area contributed by atoms with E-state index in [0.717, 1.165) is 6.42 Å². The van der Waals surface area contributed by atoms with Crippen molar-refractivity contribution < 1.29 is 4.43 Å². The normalized spacial score (nSPS) is 15.5. The first-order valence-corrected chi connectivity index (χ1v) is 9.39. The van der Waals surface area contributed by atoms with Gasteiger partial charge in [-0.2, -0.15) is 0 Å². The van der Waals surface area contributed by atoms with E-state index in [4.69, 9.17) is 37.7 Å². The Morgan fingerprint density at radius 3 is 2.09 bits per heavy atom. The molecule has 0 aromatic rings. The van der Waals surface area contributed by atoms with Gasteiger partial charge in [0.15, 0.2) is 0 Å². The molecule has 0 spiro atoms. The van der Waals surface area contributed by atoms with E-state index < -0.39 is 6.25 Å². The highest BCUT2D eigenvalue weighted by Gasteiger charge is 2.30. The van der Waals surface area contributed by atoms with Crippen LogP contribution in [-0.4, -0.2) is 10.4 Å². The van der Waals surface area contributed by atoms with Crippen LogP contribution in [0.4, 0.5) is 0 Å². The second kappa shape index (κ2) is 5.50. The predicted molar refractivity (Wildman–Crippen MR) is 61.7 cm³/mol. The molecule has 0 aromatic heterocycles. The second-order valence-electron chi connectivity index (χ2n) is 2.60. The van der Waals surface area contributed by atoms with E-state index in [-0.39, 0.29) is 4.11 Å². The largest absolute Gasteiger partial charge is 0.494 e. The Kier molecular flexibility index (Phi) is 6.38. The molecule has 1 nitrogen and oxygen atoms in total. The van der Waals surface area contributed by atoms with Crippen LogP contribution in [0.15, 0.2) is 0 Å². The molecule has 68 valence electrons. The van der Waals surface area contributed by atoms with E-state index in [2.05, 4.69) is 36.4 Å². The fraction of sp³-hybridized carbons (Fsp3) is 1.00. The first kappa shape index (κ1) is 12.8. The van der Waals surface area contributed by atoms with Gasteiger partial charge in [-0.15, -0.1) is 0 Å². The molecule has 0 N–H and O–H groups in total. The molecule has 0 bridgehead atoms. The minimum atomic E-state index is -2.88. The van der Waals surface area contributed by atoms with Crippen LogP contribution in [0, 0.1) is 5.92 Å². The fourth-order valence-corrected chi connectivity index (χ4v) is 5.43. The summed E-state index contributed by atoms with van der Waals surface area (Å²) in [4.78, 5) is 0. The number of hydrogen-bond donors (Lipinski definition) is 0. The van der Waals surface area contributed by atoms with Crippen LogP contribution in [0.3, 0.4) is 0 Å². The topological polar surface area (TPSA) is 9.23 Å². The molecule has 0 aliphatic carbocycles. The molecule has 0 aliphatic heterocycles. The lowest BCUT2D eigenvalue weighted by Crippen LogP contribution is -2.22. The molecule has 0 saturated carbocycles. The summed E-state index contributed by atoms with van der Waals surface area (Å²) in [6.45, 7) is 4.21. The van der Waals surface area contributed by atoms with E-state index >= 15 is 0 Å². The third-order valence-corrected chi connectivity index (χ3v) is 3.51. The third-order valence-electron chi connectivity index (χ3n) is 0.918. The molecule has 0 aromatic carbocycles. The molecule has 0 heterocycles. The van der Waals surface area contributed by atoms with Crippen molar-refractivity contribution in [2.24, 2.45) is 5.92 Å². The van der Waals surface area contributed by atoms with Crippen LogP contribution in [-0.2, 0) is 4.43 Å². The lowest BCUT2D eigenvalue weighted by Gasteiger charge is -2.17. The van der Waals surface area contributed by atoms with Crippen LogP contribution in [0.25, 0.3) is 0 Å². The summed E-state index contributed by atoms with van der Waals surface area (Å²) in [6, 6.07) is 0. The zero-order chi connectivity index (χ0) is 9.07. The molecule has 1 atom stereocenters. The van der Waals surface area contributed by atoms with Crippen molar-refractivity contribution in [1.82, 2.24) is 0 Å². The Morgan fingerprint density at radius 2 is 1.82 bits per heavy atom. The molecular formula is C5H10Cl3IOSi. The maximum Gasteiger partial charge on any atom is 0.494 e. The summed E-state index contributed by atoms with van der Waals surface area (Å²) in [6.07, 6.45) is -1.96. The summed E-state index contributed by atoms with van der Waals surface area (Å²) in [7, 11) is 0. The number of halogens is 4. The molecule has 11 heavy (non-hydrogen) atoms. The van der Waals surface area contributed by atoms with Crippen molar-refractivity contribution in [3.05, 3.63) is 0 Å². The van der Waals surface area contributed by atoms with E-state index in [1.54, 1.807) is 0 Å². The van der Waals surface area contributed by atoms with Gasteiger partial charge < -0.3 is 4.43 Å². The Labute approximate surface area is 96.1 Å². The monoisotopic (exact) mass is 346 g/mol. The van der Waals surface area contributed by atoms with Crippen molar-refractivity contribution in [3.63, 3.8) is 0 Å². The molecule has 0 fully saturated rings. The number of alkyl halides is 1. The lowest BCUT2D eigenvalue weighted by molar-refractivity contribution is 0.284. The Balaban J connectivity index is 3.61. The second-order valence-corrected chi connectivity index (χ2v) is 11.7. The van der Waals surface area contributed by atoms with Crippen LogP contribution in [0.1, 0.15) is 20.3 Å². The van der Waals surface area contributed by atoms with Crippen molar-refractivity contribution in [3.8, 4) is 0 Å². The molecule has 0 rings (SSSR count). The molecule has 0 amide bonds. The van der Waals surface area contributed by atoms with Gasteiger partial charge in [0.25, 0.3) is 0 Å². The van der Waals surface area contributed by atoms with Gasteiger partial charge in [-0.25, -0.2) is 0 Å². The average molecular weight is 347 g/mol. The van der Waals surface area contributed by atoms with Gasteiger partial charge in [-0.3, -0.25) is 0 Å². The SMILES string of the molecule is CC(C)CC(I)O[Si](Cl)(Cl)Cl. The predicted octanol–water partition coefficient (Wildman–Crippen LogP) is 3.96. The molecule has 0 saturated heterocycles. The van der Waals surface area contributed by atoms with Gasteiger partial charge in [-0.1, -0.05) is 69.7 Å². The number of rotatable bonds is 4. The van der Waals surface area contributed by atoms with Gasteiger partial charge in [0.05, 0.1) is 0 Å². The Hall–Kier alpha value is 1.78. The van der Waals surface area contributed by atoms with Crippen LogP contribution in [0.2, 0.25) is 0 Å². The number of hydrogen-bond acceptors (Lipinski definition) is 1. The lowest BCUT2D eigenvalue weighted by atomic mass is 10.1. The zero-order valence-electron chi connectivity index (χ0n) is 6.28. The summed E-state index contributed by atoms with van der Waals surface area (Å²) in [5.41, 5.74) is 0.